The Bertz CT molecular complexity index is 1360. The highest BCUT2D eigenvalue weighted by Gasteiger charge is 2.39. The van der Waals surface area contributed by atoms with Crippen molar-refractivity contribution in [2.24, 2.45) is 17.4 Å². The molecule has 0 aromatic heterocycles. The second kappa shape index (κ2) is 22.4. The largest absolute Gasteiger partial charge is 0.481 e. The van der Waals surface area contributed by atoms with Crippen LogP contribution in [0, 0.1) is 5.92 Å². The van der Waals surface area contributed by atoms with Gasteiger partial charge in [0.2, 0.25) is 29.5 Å². The van der Waals surface area contributed by atoms with E-state index in [1.54, 1.807) is 44.2 Å². The molecule has 292 valence electrons. The van der Waals surface area contributed by atoms with E-state index >= 15 is 0 Å². The van der Waals surface area contributed by atoms with E-state index in [1.807, 2.05) is 13.8 Å². The van der Waals surface area contributed by atoms with Gasteiger partial charge >= 0.3 is 11.9 Å². The number of nitrogens with zero attached hydrogens (tertiary/aromatic N) is 1. The molecule has 1 rings (SSSR count). The molecule has 0 bridgehead atoms. The number of carboxylic acids is 2. The molecule has 0 saturated heterocycles. The van der Waals surface area contributed by atoms with Gasteiger partial charge in [-0.05, 0) is 71.4 Å². The summed E-state index contributed by atoms with van der Waals surface area (Å²) in [5.41, 5.74) is 12.0. The Labute approximate surface area is 304 Å². The summed E-state index contributed by atoms with van der Waals surface area (Å²) < 4.78 is 0. The molecule has 0 heterocycles. The van der Waals surface area contributed by atoms with Gasteiger partial charge in [0.1, 0.15) is 30.2 Å². The van der Waals surface area contributed by atoms with Crippen molar-refractivity contribution in [2.75, 3.05) is 6.54 Å². The summed E-state index contributed by atoms with van der Waals surface area (Å²) in [6, 6.07) is 0.125. The molecule has 1 aromatic carbocycles. The maximum atomic E-state index is 13.9. The van der Waals surface area contributed by atoms with Crippen molar-refractivity contribution in [2.45, 2.75) is 128 Å². The standard InChI is InChI=1S/C35H57N7O10/c1-19(2)16-26(35(51)52)40-32(48)25(17-23-12-8-7-9-13-23)39-30(46)21(5)38-33(49)27(14-10-11-15-36)42(20(3)4)34(50)29(22(6)43)41-31(47)24(37)18-28(44)45/h7-9,12-13,19-22,24-27,29,43H,10-11,14-18,36-37H2,1-6H3,(H,38,49)(H,39,46)(H,40,48)(H,41,47)(H,44,45)(H,51,52)/t21-,22+,24-,25-,26-,27-,29-/m0/s1. The Hall–Kier alpha value is -4.61. The van der Waals surface area contributed by atoms with Gasteiger partial charge in [-0.2, -0.15) is 0 Å². The lowest BCUT2D eigenvalue weighted by Crippen LogP contribution is -2.63. The number of carbonyl (C=O) groups excluding carboxylic acids is 5. The van der Waals surface area contributed by atoms with Gasteiger partial charge in [-0.3, -0.25) is 28.8 Å². The fraction of sp³-hybridized carbons (Fsp3) is 0.629. The zero-order chi connectivity index (χ0) is 39.7. The minimum Gasteiger partial charge on any atom is -0.481 e. The monoisotopic (exact) mass is 735 g/mol. The minimum atomic E-state index is -1.59. The number of nitrogens with one attached hydrogen (secondary N) is 4. The first-order chi connectivity index (χ1) is 24.3. The number of carbonyl (C=O) groups is 7. The molecule has 0 spiro atoms. The molecule has 17 heteroatoms. The molecule has 0 aliphatic rings. The van der Waals surface area contributed by atoms with Crippen LogP contribution in [0.2, 0.25) is 0 Å². The Balaban J connectivity index is 3.34. The molecule has 17 nitrogen and oxygen atoms in total. The number of carboxylic acid groups (broad SMARTS) is 2. The number of rotatable bonds is 23. The van der Waals surface area contributed by atoms with E-state index in [0.29, 0.717) is 24.9 Å². The molecule has 52 heavy (non-hydrogen) atoms. The van der Waals surface area contributed by atoms with Crippen molar-refractivity contribution in [1.29, 1.82) is 0 Å². The number of aliphatic carboxylic acids is 2. The third-order valence-electron chi connectivity index (χ3n) is 8.15. The van der Waals surface area contributed by atoms with E-state index in [1.165, 1.54) is 18.7 Å². The zero-order valence-electron chi connectivity index (χ0n) is 30.8. The van der Waals surface area contributed by atoms with Crippen molar-refractivity contribution < 1.29 is 48.9 Å². The minimum absolute atomic E-state index is 0.0208. The second-order valence-electron chi connectivity index (χ2n) is 13.6. The van der Waals surface area contributed by atoms with Crippen LogP contribution in [-0.4, -0.2) is 117 Å². The number of aliphatic hydroxyl groups excluding tert-OH is 1. The SMILES string of the molecule is CC(C)C[C@H](NC(=O)[C@H](Cc1ccccc1)NC(=O)[C@H](C)NC(=O)[C@H](CCCCN)N(C(=O)[C@@H](NC(=O)[C@@H](N)CC(=O)O)[C@@H](C)O)C(C)C)C(=O)O. The number of amides is 5. The molecule has 0 saturated carbocycles. The van der Waals surface area contributed by atoms with Crippen LogP contribution in [0.4, 0.5) is 0 Å². The first-order valence-corrected chi connectivity index (χ1v) is 17.5. The Morgan fingerprint density at radius 2 is 1.37 bits per heavy atom. The summed E-state index contributed by atoms with van der Waals surface area (Å²) in [4.78, 5) is 91.4. The zero-order valence-corrected chi connectivity index (χ0v) is 30.8. The van der Waals surface area contributed by atoms with Gasteiger partial charge in [0.15, 0.2) is 0 Å². The van der Waals surface area contributed by atoms with Crippen LogP contribution in [-0.2, 0) is 40.0 Å². The highest BCUT2D eigenvalue weighted by atomic mass is 16.4. The molecule has 7 atom stereocenters. The molecule has 5 amide bonds. The van der Waals surface area contributed by atoms with Gasteiger partial charge in [-0.15, -0.1) is 0 Å². The van der Waals surface area contributed by atoms with Crippen LogP contribution >= 0.6 is 0 Å². The van der Waals surface area contributed by atoms with Crippen molar-refractivity contribution in [3.8, 4) is 0 Å². The lowest BCUT2D eigenvalue weighted by Gasteiger charge is -2.38. The molecule has 11 N–H and O–H groups in total. The van der Waals surface area contributed by atoms with Gasteiger partial charge in [0.05, 0.1) is 18.6 Å². The molecular weight excluding hydrogens is 678 g/mol. The van der Waals surface area contributed by atoms with Gasteiger partial charge in [0, 0.05) is 12.5 Å². The van der Waals surface area contributed by atoms with Crippen LogP contribution in [0.25, 0.3) is 0 Å². The van der Waals surface area contributed by atoms with E-state index in [9.17, 15) is 43.8 Å². The topological polar surface area (TPSA) is 284 Å². The van der Waals surface area contributed by atoms with Gasteiger partial charge in [0.25, 0.3) is 0 Å². The third kappa shape index (κ3) is 15.3. The fourth-order valence-corrected chi connectivity index (χ4v) is 5.43. The quantitative estimate of drug-likeness (QED) is 0.0627. The van der Waals surface area contributed by atoms with Crippen molar-refractivity contribution >= 4 is 41.5 Å². The summed E-state index contributed by atoms with van der Waals surface area (Å²) in [7, 11) is 0. The van der Waals surface area contributed by atoms with E-state index in [0.717, 1.165) is 0 Å². The van der Waals surface area contributed by atoms with Crippen LogP contribution < -0.4 is 32.7 Å². The third-order valence-corrected chi connectivity index (χ3v) is 8.15. The van der Waals surface area contributed by atoms with Crippen molar-refractivity contribution in [1.82, 2.24) is 26.2 Å². The predicted octanol–water partition coefficient (Wildman–Crippen LogP) is -0.764. The predicted molar refractivity (Wildman–Crippen MR) is 191 cm³/mol. The summed E-state index contributed by atoms with van der Waals surface area (Å²) in [5.74, 6) is -6.68. The normalized spacial score (nSPS) is 15.3. The van der Waals surface area contributed by atoms with Crippen molar-refractivity contribution in [3.05, 3.63) is 35.9 Å². The Morgan fingerprint density at radius 1 is 0.769 bits per heavy atom. The number of nitrogens with two attached hydrogens (primary N) is 2. The lowest BCUT2D eigenvalue weighted by atomic mass is 10.0. The lowest BCUT2D eigenvalue weighted by molar-refractivity contribution is -0.148. The summed E-state index contributed by atoms with van der Waals surface area (Å²) in [6.07, 6.45) is -1.05. The summed E-state index contributed by atoms with van der Waals surface area (Å²) >= 11 is 0. The van der Waals surface area contributed by atoms with Crippen LogP contribution in [0.15, 0.2) is 30.3 Å². The maximum absolute atomic E-state index is 13.9. The Morgan fingerprint density at radius 3 is 1.87 bits per heavy atom. The van der Waals surface area contributed by atoms with Crippen LogP contribution in [0.5, 0.6) is 0 Å². The first kappa shape index (κ1) is 45.4. The number of unbranched alkanes of at least 4 members (excludes halogenated alkanes) is 1. The van der Waals surface area contributed by atoms with Crippen LogP contribution in [0.1, 0.15) is 79.2 Å². The van der Waals surface area contributed by atoms with Gasteiger partial charge in [-0.1, -0.05) is 44.2 Å². The number of benzene rings is 1. The smallest absolute Gasteiger partial charge is 0.326 e. The molecule has 0 aliphatic heterocycles. The van der Waals surface area contributed by atoms with E-state index < -0.39 is 96.3 Å². The molecule has 0 unspecified atom stereocenters. The van der Waals surface area contributed by atoms with Crippen molar-refractivity contribution in [3.63, 3.8) is 0 Å². The first-order valence-electron chi connectivity index (χ1n) is 17.5. The number of hydrogen-bond donors (Lipinski definition) is 9. The second-order valence-corrected chi connectivity index (χ2v) is 13.6. The highest BCUT2D eigenvalue weighted by Crippen LogP contribution is 2.17. The molecule has 0 aliphatic carbocycles. The molecule has 1 aromatic rings. The van der Waals surface area contributed by atoms with E-state index in [-0.39, 0.29) is 25.2 Å². The maximum Gasteiger partial charge on any atom is 0.326 e. The Kier molecular flexibility index (Phi) is 19.5. The molecule has 0 fully saturated rings. The van der Waals surface area contributed by atoms with Gasteiger partial charge < -0.3 is 53.0 Å². The number of aliphatic hydroxyl groups is 1. The summed E-state index contributed by atoms with van der Waals surface area (Å²) in [5, 5.41) is 39.2. The average molecular weight is 736 g/mol. The summed E-state index contributed by atoms with van der Waals surface area (Å²) in [6.45, 7) is 9.77. The van der Waals surface area contributed by atoms with E-state index in [4.69, 9.17) is 16.6 Å². The molecular formula is C35H57N7O10. The average Bonchev–Trinajstić information content (AvgIpc) is 3.05. The molecule has 0 radical (unpaired) electrons. The van der Waals surface area contributed by atoms with E-state index in [2.05, 4.69) is 21.3 Å². The fourth-order valence-electron chi connectivity index (χ4n) is 5.43. The number of hydrogen-bond acceptors (Lipinski definition) is 10. The van der Waals surface area contributed by atoms with Gasteiger partial charge in [-0.25, -0.2) is 4.79 Å². The highest BCUT2D eigenvalue weighted by molar-refractivity contribution is 5.97. The van der Waals surface area contributed by atoms with Crippen LogP contribution in [0.3, 0.4) is 0 Å².